The molecule has 1 atom stereocenters. The van der Waals surface area contributed by atoms with Crippen LogP contribution in [-0.4, -0.2) is 50.3 Å². The average molecular weight is 296 g/mol. The first-order valence-electron chi connectivity index (χ1n) is 9.00. The van der Waals surface area contributed by atoms with Crippen LogP contribution in [0.4, 0.5) is 0 Å². The van der Waals surface area contributed by atoms with E-state index >= 15 is 0 Å². The second-order valence-corrected chi connectivity index (χ2v) is 8.13. The summed E-state index contributed by atoms with van der Waals surface area (Å²) in [6, 6.07) is 0.563. The van der Waals surface area contributed by atoms with Gasteiger partial charge in [-0.3, -0.25) is 0 Å². The second-order valence-electron chi connectivity index (χ2n) is 8.13. The molecule has 2 aliphatic rings. The molecule has 2 aliphatic heterocycles. The van der Waals surface area contributed by atoms with Crippen LogP contribution >= 0.6 is 0 Å². The Hall–Kier alpha value is -0.120. The Morgan fingerprint density at radius 1 is 1.19 bits per heavy atom. The third-order valence-electron chi connectivity index (χ3n) is 5.77. The van der Waals surface area contributed by atoms with Gasteiger partial charge in [0.05, 0.1) is 6.61 Å². The zero-order chi connectivity index (χ0) is 15.3. The number of ether oxygens (including phenoxy) is 1. The lowest BCUT2D eigenvalue weighted by Gasteiger charge is -2.45. The van der Waals surface area contributed by atoms with Gasteiger partial charge in [0.15, 0.2) is 0 Å². The van der Waals surface area contributed by atoms with Crippen LogP contribution in [0.5, 0.6) is 0 Å². The topological polar surface area (TPSA) is 24.5 Å². The van der Waals surface area contributed by atoms with Crippen molar-refractivity contribution in [1.29, 1.82) is 0 Å². The van der Waals surface area contributed by atoms with E-state index in [0.29, 0.717) is 16.9 Å². The van der Waals surface area contributed by atoms with Gasteiger partial charge in [-0.05, 0) is 44.2 Å². The first-order valence-corrected chi connectivity index (χ1v) is 9.00. The zero-order valence-corrected chi connectivity index (χ0v) is 14.7. The maximum absolute atomic E-state index is 5.85. The van der Waals surface area contributed by atoms with Gasteiger partial charge in [-0.1, -0.05) is 34.1 Å². The molecule has 3 heteroatoms. The third-order valence-corrected chi connectivity index (χ3v) is 5.77. The molecular weight excluding hydrogens is 260 g/mol. The molecule has 0 bridgehead atoms. The van der Waals surface area contributed by atoms with Crippen molar-refractivity contribution < 1.29 is 4.74 Å². The van der Waals surface area contributed by atoms with Gasteiger partial charge in [0.25, 0.3) is 0 Å². The number of rotatable bonds is 6. The summed E-state index contributed by atoms with van der Waals surface area (Å²) < 4.78 is 5.85. The molecule has 0 amide bonds. The van der Waals surface area contributed by atoms with Crippen molar-refractivity contribution in [1.82, 2.24) is 10.2 Å². The number of likely N-dealkylation sites (tertiary alicyclic amines) is 1. The van der Waals surface area contributed by atoms with Crippen LogP contribution in [0.2, 0.25) is 0 Å². The van der Waals surface area contributed by atoms with Crippen molar-refractivity contribution in [2.24, 2.45) is 10.8 Å². The molecule has 1 N–H and O–H groups in total. The van der Waals surface area contributed by atoms with Crippen molar-refractivity contribution >= 4 is 0 Å². The predicted molar refractivity (Wildman–Crippen MR) is 89.7 cm³/mol. The van der Waals surface area contributed by atoms with Crippen molar-refractivity contribution in [3.8, 4) is 0 Å². The number of hydrogen-bond acceptors (Lipinski definition) is 3. The standard InChI is InChI=1S/C18H36N2O/c1-5-17(4)8-10-20(11-9-17)14-18(13-19-16(2)3)7-6-12-21-15-18/h16,19H,5-15H2,1-4H3. The molecule has 3 nitrogen and oxygen atoms in total. The summed E-state index contributed by atoms with van der Waals surface area (Å²) in [7, 11) is 0. The number of piperidine rings is 1. The molecule has 1 unspecified atom stereocenters. The van der Waals surface area contributed by atoms with Gasteiger partial charge in [-0.2, -0.15) is 0 Å². The number of nitrogens with zero attached hydrogens (tertiary/aromatic N) is 1. The van der Waals surface area contributed by atoms with E-state index in [1.54, 1.807) is 0 Å². The highest BCUT2D eigenvalue weighted by Crippen LogP contribution is 2.36. The van der Waals surface area contributed by atoms with Crippen LogP contribution < -0.4 is 5.32 Å². The lowest BCUT2D eigenvalue weighted by Crippen LogP contribution is -2.52. The smallest absolute Gasteiger partial charge is 0.0546 e. The molecule has 0 aliphatic carbocycles. The summed E-state index contributed by atoms with van der Waals surface area (Å²) in [4.78, 5) is 2.70. The highest BCUT2D eigenvalue weighted by Gasteiger charge is 2.37. The summed E-state index contributed by atoms with van der Waals surface area (Å²) in [5, 5.41) is 3.67. The fourth-order valence-corrected chi connectivity index (χ4v) is 3.73. The van der Waals surface area contributed by atoms with Gasteiger partial charge in [-0.25, -0.2) is 0 Å². The fraction of sp³-hybridized carbons (Fsp3) is 1.00. The molecule has 0 saturated carbocycles. The van der Waals surface area contributed by atoms with Gasteiger partial charge in [-0.15, -0.1) is 0 Å². The minimum Gasteiger partial charge on any atom is -0.381 e. The first-order chi connectivity index (χ1) is 9.97. The summed E-state index contributed by atoms with van der Waals surface area (Å²) >= 11 is 0. The summed E-state index contributed by atoms with van der Waals surface area (Å²) in [6.45, 7) is 16.0. The van der Waals surface area contributed by atoms with E-state index in [4.69, 9.17) is 4.74 Å². The molecule has 21 heavy (non-hydrogen) atoms. The highest BCUT2D eigenvalue weighted by molar-refractivity contribution is 4.90. The average Bonchev–Trinajstić information content (AvgIpc) is 2.49. The minimum atomic E-state index is 0.336. The van der Waals surface area contributed by atoms with E-state index in [9.17, 15) is 0 Å². The zero-order valence-electron chi connectivity index (χ0n) is 14.7. The Balaban J connectivity index is 1.90. The molecule has 0 aromatic carbocycles. The van der Waals surface area contributed by atoms with Crippen molar-refractivity contribution in [2.75, 3.05) is 39.4 Å². The fourth-order valence-electron chi connectivity index (χ4n) is 3.73. The molecule has 0 aromatic heterocycles. The summed E-state index contributed by atoms with van der Waals surface area (Å²) in [5.41, 5.74) is 0.922. The molecule has 0 aromatic rings. The van der Waals surface area contributed by atoms with Crippen LogP contribution in [0.3, 0.4) is 0 Å². The molecule has 2 rings (SSSR count). The van der Waals surface area contributed by atoms with Crippen LogP contribution in [0, 0.1) is 10.8 Å². The Bertz CT molecular complexity index is 302. The third kappa shape index (κ3) is 4.94. The maximum Gasteiger partial charge on any atom is 0.0546 e. The van der Waals surface area contributed by atoms with Crippen molar-refractivity contribution in [3.63, 3.8) is 0 Å². The van der Waals surface area contributed by atoms with E-state index in [1.165, 1.54) is 51.7 Å². The summed E-state index contributed by atoms with van der Waals surface area (Å²) in [5.74, 6) is 0. The molecule has 124 valence electrons. The van der Waals surface area contributed by atoms with E-state index < -0.39 is 0 Å². The summed E-state index contributed by atoms with van der Waals surface area (Å²) in [6.07, 6.45) is 6.58. The quantitative estimate of drug-likeness (QED) is 0.814. The molecule has 0 spiro atoms. The van der Waals surface area contributed by atoms with Gasteiger partial charge in [0, 0.05) is 31.2 Å². The molecule has 2 heterocycles. The Morgan fingerprint density at radius 2 is 1.90 bits per heavy atom. The lowest BCUT2D eigenvalue weighted by atomic mass is 9.76. The van der Waals surface area contributed by atoms with Gasteiger partial charge >= 0.3 is 0 Å². The normalized spacial score (nSPS) is 30.7. The predicted octanol–water partition coefficient (Wildman–Crippen LogP) is 3.29. The minimum absolute atomic E-state index is 0.336. The SMILES string of the molecule is CCC1(C)CCN(CC2(CNC(C)C)CCCOC2)CC1. The Labute approximate surface area is 131 Å². The van der Waals surface area contributed by atoms with E-state index in [-0.39, 0.29) is 0 Å². The first kappa shape index (κ1) is 17.2. The molecule has 2 fully saturated rings. The van der Waals surface area contributed by atoms with E-state index in [1.807, 2.05) is 0 Å². The lowest BCUT2D eigenvalue weighted by molar-refractivity contribution is -0.0356. The molecule has 0 radical (unpaired) electrons. The monoisotopic (exact) mass is 296 g/mol. The van der Waals surface area contributed by atoms with Crippen LogP contribution in [-0.2, 0) is 4.74 Å². The largest absolute Gasteiger partial charge is 0.381 e. The Kier molecular flexibility index (Phi) is 6.10. The van der Waals surface area contributed by atoms with Gasteiger partial charge in [0.2, 0.25) is 0 Å². The van der Waals surface area contributed by atoms with Gasteiger partial charge < -0.3 is 15.0 Å². The van der Waals surface area contributed by atoms with Crippen LogP contribution in [0.25, 0.3) is 0 Å². The van der Waals surface area contributed by atoms with Crippen molar-refractivity contribution in [3.05, 3.63) is 0 Å². The molecular formula is C18H36N2O. The van der Waals surface area contributed by atoms with Crippen molar-refractivity contribution in [2.45, 2.75) is 65.8 Å². The number of hydrogen-bond donors (Lipinski definition) is 1. The second kappa shape index (κ2) is 7.43. The number of nitrogens with one attached hydrogen (secondary N) is 1. The Morgan fingerprint density at radius 3 is 2.43 bits per heavy atom. The van der Waals surface area contributed by atoms with Crippen LogP contribution in [0.1, 0.15) is 59.8 Å². The molecule has 2 saturated heterocycles. The highest BCUT2D eigenvalue weighted by atomic mass is 16.5. The van der Waals surface area contributed by atoms with E-state index in [0.717, 1.165) is 19.8 Å². The van der Waals surface area contributed by atoms with Crippen LogP contribution in [0.15, 0.2) is 0 Å². The van der Waals surface area contributed by atoms with E-state index in [2.05, 4.69) is 37.9 Å². The maximum atomic E-state index is 5.85. The van der Waals surface area contributed by atoms with Gasteiger partial charge in [0.1, 0.15) is 0 Å².